The maximum atomic E-state index is 5.05. The van der Waals surface area contributed by atoms with Gasteiger partial charge in [-0.25, -0.2) is 4.98 Å². The van der Waals surface area contributed by atoms with E-state index in [1.165, 1.54) is 0 Å². The van der Waals surface area contributed by atoms with Crippen molar-refractivity contribution in [3.63, 3.8) is 0 Å². The van der Waals surface area contributed by atoms with E-state index in [0.29, 0.717) is 11.5 Å². The van der Waals surface area contributed by atoms with Gasteiger partial charge in [0.25, 0.3) is 0 Å². The molecule has 0 radical (unpaired) electrons. The summed E-state index contributed by atoms with van der Waals surface area (Å²) in [4.78, 5) is 11.9. The van der Waals surface area contributed by atoms with Crippen LogP contribution in [0.4, 0.5) is 0 Å². The maximum Gasteiger partial charge on any atom is 0.215 e. The summed E-state index contributed by atoms with van der Waals surface area (Å²) in [6.45, 7) is 3.99. The molecule has 0 spiro atoms. The quantitative estimate of drug-likeness (QED) is 0.741. The lowest BCUT2D eigenvalue weighted by atomic mass is 10.4. The highest BCUT2D eigenvalue weighted by molar-refractivity contribution is 5.71. The molecular formula is C11H16N4O. The van der Waals surface area contributed by atoms with E-state index in [1.54, 1.807) is 7.11 Å². The minimum absolute atomic E-state index is 0.595. The van der Waals surface area contributed by atoms with Gasteiger partial charge < -0.3 is 15.0 Å². The number of imidazole rings is 1. The monoisotopic (exact) mass is 220 g/mol. The first-order chi connectivity index (χ1) is 7.83. The molecule has 5 nitrogen and oxygen atoms in total. The highest BCUT2D eigenvalue weighted by Gasteiger charge is 2.04. The molecule has 0 aliphatic carbocycles. The molecule has 0 aliphatic heterocycles. The Bertz CT molecular complexity index is 466. The van der Waals surface area contributed by atoms with E-state index in [9.17, 15) is 0 Å². The van der Waals surface area contributed by atoms with Gasteiger partial charge in [0.05, 0.1) is 12.6 Å². The van der Waals surface area contributed by atoms with Gasteiger partial charge in [0, 0.05) is 19.0 Å². The lowest BCUT2D eigenvalue weighted by Crippen LogP contribution is -2.16. The second-order valence-electron chi connectivity index (χ2n) is 3.51. The average Bonchev–Trinajstić information content (AvgIpc) is 2.70. The summed E-state index contributed by atoms with van der Waals surface area (Å²) >= 11 is 0. The van der Waals surface area contributed by atoms with Crippen molar-refractivity contribution in [1.82, 2.24) is 20.3 Å². The first-order valence-electron chi connectivity index (χ1n) is 5.44. The van der Waals surface area contributed by atoms with Crippen LogP contribution in [0.1, 0.15) is 12.7 Å². The Kier molecular flexibility index (Phi) is 3.36. The van der Waals surface area contributed by atoms with Crippen LogP contribution in [0, 0.1) is 0 Å². The molecule has 2 N–H and O–H groups in total. The van der Waals surface area contributed by atoms with Crippen molar-refractivity contribution in [2.45, 2.75) is 13.3 Å². The number of aromatic amines is 1. The average molecular weight is 220 g/mol. The van der Waals surface area contributed by atoms with Gasteiger partial charge in [0.2, 0.25) is 5.88 Å². The molecule has 0 saturated carbocycles. The Morgan fingerprint density at radius 3 is 3.00 bits per heavy atom. The molecule has 0 amide bonds. The van der Waals surface area contributed by atoms with E-state index < -0.39 is 0 Å². The van der Waals surface area contributed by atoms with Crippen LogP contribution in [0.3, 0.4) is 0 Å². The maximum absolute atomic E-state index is 5.05. The van der Waals surface area contributed by atoms with Gasteiger partial charge in [-0.3, -0.25) is 0 Å². The van der Waals surface area contributed by atoms with Crippen LogP contribution in [0.2, 0.25) is 0 Å². The summed E-state index contributed by atoms with van der Waals surface area (Å²) in [5, 5.41) is 3.26. The smallest absolute Gasteiger partial charge is 0.215 e. The number of methoxy groups -OCH3 is 1. The topological polar surface area (TPSA) is 62.8 Å². The molecule has 0 unspecified atom stereocenters. The van der Waals surface area contributed by atoms with E-state index in [-0.39, 0.29) is 0 Å². The van der Waals surface area contributed by atoms with Crippen molar-refractivity contribution in [1.29, 1.82) is 0 Å². The molecule has 0 bridgehead atoms. The highest BCUT2D eigenvalue weighted by atomic mass is 16.5. The Labute approximate surface area is 94.2 Å². The number of aromatic nitrogens is 3. The summed E-state index contributed by atoms with van der Waals surface area (Å²) in [5.41, 5.74) is 1.66. The number of pyridine rings is 1. The zero-order valence-electron chi connectivity index (χ0n) is 9.58. The molecule has 0 atom stereocenters. The minimum atomic E-state index is 0.595. The molecule has 16 heavy (non-hydrogen) atoms. The lowest BCUT2D eigenvalue weighted by molar-refractivity contribution is 0.399. The number of hydrogen-bond donors (Lipinski definition) is 2. The molecule has 0 saturated heterocycles. The summed E-state index contributed by atoms with van der Waals surface area (Å²) < 4.78 is 5.05. The predicted molar refractivity (Wildman–Crippen MR) is 62.7 cm³/mol. The van der Waals surface area contributed by atoms with Gasteiger partial charge in [0.1, 0.15) is 5.82 Å². The number of ether oxygens (including phenoxy) is 1. The molecule has 5 heteroatoms. The fraction of sp³-hybridized carbons (Fsp3) is 0.455. The Hall–Kier alpha value is -1.62. The van der Waals surface area contributed by atoms with Gasteiger partial charge in [-0.05, 0) is 12.6 Å². The number of H-pyrrole nitrogens is 1. The fourth-order valence-electron chi connectivity index (χ4n) is 1.54. The van der Waals surface area contributed by atoms with E-state index >= 15 is 0 Å². The van der Waals surface area contributed by atoms with Crippen molar-refractivity contribution < 1.29 is 4.74 Å². The third-order valence-corrected chi connectivity index (χ3v) is 2.37. The first-order valence-corrected chi connectivity index (χ1v) is 5.44. The molecule has 0 fully saturated rings. The van der Waals surface area contributed by atoms with E-state index in [1.807, 2.05) is 12.1 Å². The van der Waals surface area contributed by atoms with Gasteiger partial charge >= 0.3 is 0 Å². The summed E-state index contributed by atoms with van der Waals surface area (Å²) in [5.74, 6) is 1.55. The largest absolute Gasteiger partial charge is 0.481 e. The van der Waals surface area contributed by atoms with Gasteiger partial charge in [-0.15, -0.1) is 0 Å². The third kappa shape index (κ3) is 2.30. The number of likely N-dealkylation sites (N-methyl/N-ethyl adjacent to an activating group) is 1. The Balaban J connectivity index is 2.16. The Morgan fingerprint density at radius 2 is 2.25 bits per heavy atom. The number of nitrogens with one attached hydrogen (secondary N) is 2. The molecular weight excluding hydrogens is 204 g/mol. The summed E-state index contributed by atoms with van der Waals surface area (Å²) in [6, 6.07) is 3.76. The summed E-state index contributed by atoms with van der Waals surface area (Å²) in [6.07, 6.45) is 0.881. The van der Waals surface area contributed by atoms with Crippen LogP contribution in [-0.4, -0.2) is 35.2 Å². The van der Waals surface area contributed by atoms with Crippen molar-refractivity contribution in [3.8, 4) is 5.88 Å². The van der Waals surface area contributed by atoms with Crippen LogP contribution in [0.5, 0.6) is 5.88 Å². The molecule has 2 aromatic heterocycles. The van der Waals surface area contributed by atoms with Crippen LogP contribution < -0.4 is 10.1 Å². The molecule has 2 heterocycles. The number of fused-ring (bicyclic) bond motifs is 1. The molecule has 86 valence electrons. The van der Waals surface area contributed by atoms with Crippen LogP contribution in [-0.2, 0) is 6.42 Å². The zero-order chi connectivity index (χ0) is 11.4. The highest BCUT2D eigenvalue weighted by Crippen LogP contribution is 2.14. The van der Waals surface area contributed by atoms with Crippen LogP contribution in [0.25, 0.3) is 11.2 Å². The number of nitrogens with zero attached hydrogens (tertiary/aromatic N) is 2. The number of hydrogen-bond acceptors (Lipinski definition) is 4. The van der Waals surface area contributed by atoms with Gasteiger partial charge in [0.15, 0.2) is 5.65 Å². The Morgan fingerprint density at radius 1 is 1.38 bits per heavy atom. The molecule has 0 aliphatic rings. The predicted octanol–water partition coefficient (Wildman–Crippen LogP) is 1.12. The zero-order valence-corrected chi connectivity index (χ0v) is 9.58. The SMILES string of the molecule is CCNCCc1nc2nc(OC)ccc2[nH]1. The van der Waals surface area contributed by atoms with E-state index in [2.05, 4.69) is 27.2 Å². The third-order valence-electron chi connectivity index (χ3n) is 2.37. The van der Waals surface area contributed by atoms with Crippen molar-refractivity contribution in [3.05, 3.63) is 18.0 Å². The van der Waals surface area contributed by atoms with Crippen LogP contribution in [0.15, 0.2) is 12.1 Å². The van der Waals surface area contributed by atoms with Crippen molar-refractivity contribution in [2.75, 3.05) is 20.2 Å². The van der Waals surface area contributed by atoms with Crippen molar-refractivity contribution >= 4 is 11.2 Å². The fourth-order valence-corrected chi connectivity index (χ4v) is 1.54. The molecule has 0 aromatic carbocycles. The first kappa shape index (κ1) is 10.9. The lowest BCUT2D eigenvalue weighted by Gasteiger charge is -1.96. The molecule has 2 rings (SSSR count). The van der Waals surface area contributed by atoms with Gasteiger partial charge in [-0.2, -0.15) is 4.98 Å². The van der Waals surface area contributed by atoms with Crippen molar-refractivity contribution in [2.24, 2.45) is 0 Å². The summed E-state index contributed by atoms with van der Waals surface area (Å²) in [7, 11) is 1.60. The van der Waals surface area contributed by atoms with E-state index in [4.69, 9.17) is 4.74 Å². The van der Waals surface area contributed by atoms with Crippen LogP contribution >= 0.6 is 0 Å². The second-order valence-corrected chi connectivity index (χ2v) is 3.51. The van der Waals surface area contributed by atoms with E-state index in [0.717, 1.165) is 30.9 Å². The minimum Gasteiger partial charge on any atom is -0.481 e. The second kappa shape index (κ2) is 4.94. The normalized spacial score (nSPS) is 10.9. The number of rotatable bonds is 5. The van der Waals surface area contributed by atoms with Gasteiger partial charge in [-0.1, -0.05) is 6.92 Å². The standard InChI is InChI=1S/C11H16N4O/c1-3-12-7-6-9-13-8-4-5-10(16-2)15-11(8)14-9/h4-5,12H,3,6-7H2,1-2H3,(H,13,14,15). The molecule has 2 aromatic rings.